The summed E-state index contributed by atoms with van der Waals surface area (Å²) in [5, 5.41) is 5.33. The Morgan fingerprint density at radius 2 is 0.565 bits per heavy atom. The Hall–Kier alpha value is -10.4. The molecule has 92 heavy (non-hydrogen) atoms. The average Bonchev–Trinajstić information content (AvgIpc) is 1.52. The molecule has 4 aliphatic rings. The molecular weight excluding hydrogens is 1110 g/mol. The van der Waals surface area contributed by atoms with Crippen molar-refractivity contribution < 1.29 is 0 Å². The van der Waals surface area contributed by atoms with Crippen molar-refractivity contribution >= 4 is 21.5 Å². The summed E-state index contributed by atoms with van der Waals surface area (Å²) in [5.41, 5.74) is 31.7. The fourth-order valence-electron chi connectivity index (χ4n) is 14.9. The minimum absolute atomic E-state index is 0.0563. The Labute approximate surface area is 546 Å². The van der Waals surface area contributed by atoms with E-state index in [-0.39, 0.29) is 16.2 Å². The van der Waals surface area contributed by atoms with Crippen molar-refractivity contribution in [3.8, 4) is 44.5 Å². The minimum atomic E-state index is -0.189. The van der Waals surface area contributed by atoms with E-state index in [4.69, 9.17) is 0 Å². The molecule has 0 radical (unpaired) electrons. The lowest BCUT2D eigenvalue weighted by molar-refractivity contribution is 0.660. The van der Waals surface area contributed by atoms with Crippen molar-refractivity contribution in [3.63, 3.8) is 0 Å². The van der Waals surface area contributed by atoms with Crippen LogP contribution in [0.2, 0.25) is 0 Å². The predicted octanol–water partition coefficient (Wildman–Crippen LogP) is 24.3. The van der Waals surface area contributed by atoms with Gasteiger partial charge in [-0.05, 0) is 170 Å². The van der Waals surface area contributed by atoms with E-state index in [1.54, 1.807) is 0 Å². The lowest BCUT2D eigenvalue weighted by Gasteiger charge is -2.30. The lowest BCUT2D eigenvalue weighted by atomic mass is 9.70. The van der Waals surface area contributed by atoms with Gasteiger partial charge in [-0.1, -0.05) is 363 Å². The van der Waals surface area contributed by atoms with Crippen LogP contribution in [0.5, 0.6) is 0 Å². The van der Waals surface area contributed by atoms with E-state index in [1.165, 1.54) is 150 Å². The number of fused-ring (bicyclic) bond motifs is 18. The molecular formula is C92H80. The molecule has 448 valence electrons. The number of aryl methyl sites for hydroxylation is 6. The van der Waals surface area contributed by atoms with Gasteiger partial charge in [0.15, 0.2) is 0 Å². The van der Waals surface area contributed by atoms with Gasteiger partial charge in [-0.15, -0.1) is 0 Å². The van der Waals surface area contributed by atoms with Crippen LogP contribution in [0.3, 0.4) is 0 Å². The second-order valence-corrected chi connectivity index (χ2v) is 26.0. The lowest BCUT2D eigenvalue weighted by Crippen LogP contribution is -2.25. The molecule has 0 aliphatic heterocycles. The summed E-state index contributed by atoms with van der Waals surface area (Å²) in [5.74, 6) is 0. The second kappa shape index (κ2) is 25.5. The Morgan fingerprint density at radius 3 is 1.10 bits per heavy atom. The van der Waals surface area contributed by atoms with Gasteiger partial charge in [0, 0.05) is 10.8 Å². The summed E-state index contributed by atoms with van der Waals surface area (Å²) >= 11 is 0. The highest BCUT2D eigenvalue weighted by atomic mass is 14.5. The van der Waals surface area contributed by atoms with Gasteiger partial charge in [-0.3, -0.25) is 0 Å². The van der Waals surface area contributed by atoms with Crippen LogP contribution in [-0.4, -0.2) is 0 Å². The molecule has 0 saturated carbocycles. The van der Waals surface area contributed by atoms with Crippen LogP contribution in [0, 0.1) is 41.5 Å². The third-order valence-corrected chi connectivity index (χ3v) is 19.6. The van der Waals surface area contributed by atoms with Gasteiger partial charge in [-0.25, -0.2) is 0 Å². The maximum Gasteiger partial charge on any atom is 0.0725 e. The van der Waals surface area contributed by atoms with E-state index in [9.17, 15) is 0 Å². The Morgan fingerprint density at radius 1 is 0.207 bits per heavy atom. The highest BCUT2D eigenvalue weighted by Gasteiger charge is 2.51. The van der Waals surface area contributed by atoms with Gasteiger partial charge < -0.3 is 0 Å². The number of hydrogen-bond acceptors (Lipinski definition) is 0. The average molecular weight is 1190 g/mol. The molecule has 14 aromatic carbocycles. The third-order valence-electron chi connectivity index (χ3n) is 19.6. The van der Waals surface area contributed by atoms with Gasteiger partial charge in [0.25, 0.3) is 0 Å². The van der Waals surface area contributed by atoms with Gasteiger partial charge in [-0.2, -0.15) is 0 Å². The van der Waals surface area contributed by atoms with Crippen LogP contribution in [0.25, 0.3) is 66.1 Å². The van der Waals surface area contributed by atoms with Crippen LogP contribution in [0.15, 0.2) is 322 Å². The second-order valence-electron chi connectivity index (χ2n) is 26.0. The zero-order chi connectivity index (χ0) is 63.6. The zero-order valence-corrected chi connectivity index (χ0v) is 54.6. The van der Waals surface area contributed by atoms with E-state index in [0.29, 0.717) is 0 Å². The molecule has 0 amide bonds. The first-order chi connectivity index (χ1) is 44.8. The maximum absolute atomic E-state index is 2.40. The largest absolute Gasteiger partial charge is 0.0725 e. The first kappa shape index (κ1) is 60.5. The van der Waals surface area contributed by atoms with Gasteiger partial charge in [0.05, 0.1) is 5.41 Å². The highest BCUT2D eigenvalue weighted by molar-refractivity contribution is 5.95. The van der Waals surface area contributed by atoms with Crippen molar-refractivity contribution in [2.24, 2.45) is 0 Å². The van der Waals surface area contributed by atoms with Crippen LogP contribution in [0.4, 0.5) is 0 Å². The third kappa shape index (κ3) is 11.1. The first-order valence-electron chi connectivity index (χ1n) is 32.6. The fourth-order valence-corrected chi connectivity index (χ4v) is 14.9. The molecule has 0 fully saturated rings. The molecule has 1 atom stereocenters. The summed E-state index contributed by atoms with van der Waals surface area (Å²) in [6.07, 6.45) is 0. The van der Waals surface area contributed by atoms with Crippen molar-refractivity contribution in [1.82, 2.24) is 0 Å². The molecule has 0 heteroatoms. The molecule has 0 aromatic heterocycles. The number of hydrogen-bond donors (Lipinski definition) is 0. The zero-order valence-electron chi connectivity index (χ0n) is 54.6. The van der Waals surface area contributed by atoms with Crippen LogP contribution < -0.4 is 0 Å². The molecule has 0 heterocycles. The van der Waals surface area contributed by atoms with Crippen molar-refractivity contribution in [1.29, 1.82) is 0 Å². The van der Waals surface area contributed by atoms with Gasteiger partial charge in [0.2, 0.25) is 0 Å². The number of rotatable bonds is 1. The normalized spacial score (nSPS) is 14.4. The van der Waals surface area contributed by atoms with Crippen LogP contribution >= 0.6 is 0 Å². The van der Waals surface area contributed by atoms with Gasteiger partial charge in [0.1, 0.15) is 0 Å². The Kier molecular flexibility index (Phi) is 16.8. The summed E-state index contributed by atoms with van der Waals surface area (Å²) in [7, 11) is 0. The molecule has 0 saturated heterocycles. The molecule has 4 aliphatic carbocycles. The molecule has 0 nitrogen and oxygen atoms in total. The molecule has 1 spiro atoms. The Balaban J connectivity index is 0.000000106. The summed E-state index contributed by atoms with van der Waals surface area (Å²) in [4.78, 5) is 0. The standard InChI is InChI=1S/C26H18.C21H18.C16H16.2C11H10.C7H8/c1-17-14-15-21-20-10-4-7-13-24(20)26(25(21)16-17)22-11-5-2-8-18(22)19-9-3-6-12-23(19)26;1-15-12-13-18-17-10-6-7-11-19(17)21(2,20(18)14-15)16-8-4-3-5-9-16;1-11-8-9-13-12-6-4-5-7-14(12)16(2,3)15(13)10-11;1-9-5-4-7-10-6-2-3-8-11(9)10;1-9-6-7-10-4-2-3-5-11(10)8-9;1-7-5-3-2-4-6-7/h2-16H,1H3;3-14H,1-2H3;4-10H,1-3H3;2*2-8H,1H3;2-6H,1H3. The molecule has 1 unspecified atom stereocenters. The van der Waals surface area contributed by atoms with E-state index in [2.05, 4.69) is 366 Å². The van der Waals surface area contributed by atoms with E-state index >= 15 is 0 Å². The summed E-state index contributed by atoms with van der Waals surface area (Å²) < 4.78 is 0. The predicted molar refractivity (Wildman–Crippen MR) is 393 cm³/mol. The van der Waals surface area contributed by atoms with E-state index in [0.717, 1.165) is 0 Å². The van der Waals surface area contributed by atoms with Crippen molar-refractivity contribution in [3.05, 3.63) is 405 Å². The van der Waals surface area contributed by atoms with Crippen LogP contribution in [0.1, 0.15) is 104 Å². The topological polar surface area (TPSA) is 0 Å². The molecule has 18 rings (SSSR count). The van der Waals surface area contributed by atoms with Crippen molar-refractivity contribution in [2.45, 2.75) is 78.6 Å². The molecule has 0 bridgehead atoms. The van der Waals surface area contributed by atoms with Crippen molar-refractivity contribution in [2.75, 3.05) is 0 Å². The maximum atomic E-state index is 2.40. The van der Waals surface area contributed by atoms with Crippen LogP contribution in [-0.2, 0) is 16.2 Å². The SMILES string of the molecule is Cc1ccc2c(c1)C(C)(C)c1ccccc1-2.Cc1ccc2c(c1)C(C)(c1ccccc1)c1ccccc1-2.Cc1ccc2c(c1)C1(c3ccccc3-c3ccccc31)c1ccccc1-2.Cc1ccc2ccccc2c1.Cc1cccc2ccccc12.Cc1ccccc1. The fraction of sp³-hybridized carbons (Fsp3) is 0.130. The quantitative estimate of drug-likeness (QED) is 0.154. The summed E-state index contributed by atoms with van der Waals surface area (Å²) in [6.45, 7) is 19.9. The van der Waals surface area contributed by atoms with E-state index < -0.39 is 0 Å². The van der Waals surface area contributed by atoms with Gasteiger partial charge >= 0.3 is 0 Å². The summed E-state index contributed by atoms with van der Waals surface area (Å²) in [6, 6.07) is 116. The molecule has 0 N–H and O–H groups in total. The minimum Gasteiger partial charge on any atom is -0.0622 e. The Bertz CT molecular complexity index is 4910. The first-order valence-corrected chi connectivity index (χ1v) is 32.6. The number of benzene rings is 14. The smallest absolute Gasteiger partial charge is 0.0622 e. The highest BCUT2D eigenvalue weighted by Crippen LogP contribution is 2.63. The monoisotopic (exact) mass is 1180 g/mol. The van der Waals surface area contributed by atoms with E-state index in [1.807, 2.05) is 18.2 Å². The molecule has 14 aromatic rings.